The Bertz CT molecular complexity index is 773. The monoisotopic (exact) mass is 299 g/mol. The number of fused-ring (bicyclic) bond motifs is 1. The van der Waals surface area contributed by atoms with E-state index in [4.69, 9.17) is 5.11 Å². The zero-order valence-corrected chi connectivity index (χ0v) is 12.4. The van der Waals surface area contributed by atoms with Crippen LogP contribution in [-0.2, 0) is 6.42 Å². The van der Waals surface area contributed by atoms with Crippen molar-refractivity contribution in [3.8, 4) is 0 Å². The summed E-state index contributed by atoms with van der Waals surface area (Å²) in [7, 11) is 1.99. The number of hydrogen-bond donors (Lipinski definition) is 2. The van der Waals surface area contributed by atoms with E-state index >= 15 is 0 Å². The molecule has 1 aromatic rings. The average molecular weight is 299 g/mol. The molecule has 6 heteroatoms. The fourth-order valence-electron chi connectivity index (χ4n) is 2.85. The van der Waals surface area contributed by atoms with Gasteiger partial charge in [0, 0.05) is 19.2 Å². The summed E-state index contributed by atoms with van der Waals surface area (Å²) in [4.78, 5) is 32.2. The van der Waals surface area contributed by atoms with E-state index in [1.54, 1.807) is 0 Å². The minimum atomic E-state index is -1.22. The van der Waals surface area contributed by atoms with Crippen LogP contribution in [0.2, 0.25) is 0 Å². The Morgan fingerprint density at radius 2 is 2.27 bits per heavy atom. The van der Waals surface area contributed by atoms with Gasteiger partial charge in [-0.25, -0.2) is 4.79 Å². The standard InChI is InChI=1S/C16H17N3O3/c1-3-9-6-11(16(21)22)15(20)18-14(9)12-7-10-4-5-19(2)13(10)8-17-12/h4-8,10,13H,3H2,1-2H3,(H,18,20)(H,21,22). The minimum Gasteiger partial charge on any atom is -0.477 e. The van der Waals surface area contributed by atoms with E-state index in [-0.39, 0.29) is 17.5 Å². The highest BCUT2D eigenvalue weighted by molar-refractivity contribution is 5.88. The molecule has 0 aliphatic carbocycles. The zero-order chi connectivity index (χ0) is 15.9. The molecular weight excluding hydrogens is 282 g/mol. The molecule has 0 spiro atoms. The van der Waals surface area contributed by atoms with Crippen LogP contribution in [0, 0.1) is 5.92 Å². The largest absolute Gasteiger partial charge is 0.477 e. The Morgan fingerprint density at radius 3 is 2.95 bits per heavy atom. The lowest BCUT2D eigenvalue weighted by molar-refractivity contribution is 0.0695. The summed E-state index contributed by atoms with van der Waals surface area (Å²) in [5.41, 5.74) is 1.23. The van der Waals surface area contributed by atoms with Crippen molar-refractivity contribution in [3.05, 3.63) is 51.6 Å². The Kier molecular flexibility index (Phi) is 3.44. The first-order chi connectivity index (χ1) is 10.5. The van der Waals surface area contributed by atoms with Crippen molar-refractivity contribution in [2.75, 3.05) is 7.05 Å². The Hall–Kier alpha value is -2.63. The minimum absolute atomic E-state index is 0.207. The number of aromatic nitrogens is 1. The topological polar surface area (TPSA) is 85.8 Å². The van der Waals surface area contributed by atoms with E-state index in [1.165, 1.54) is 6.07 Å². The van der Waals surface area contributed by atoms with Crippen LogP contribution in [0.25, 0.3) is 5.70 Å². The molecule has 0 bridgehead atoms. The van der Waals surface area contributed by atoms with Crippen LogP contribution in [0.1, 0.15) is 28.5 Å². The van der Waals surface area contributed by atoms with E-state index in [0.29, 0.717) is 17.8 Å². The summed E-state index contributed by atoms with van der Waals surface area (Å²) < 4.78 is 0. The van der Waals surface area contributed by atoms with Gasteiger partial charge in [-0.1, -0.05) is 13.0 Å². The highest BCUT2D eigenvalue weighted by Gasteiger charge is 2.28. The van der Waals surface area contributed by atoms with Crippen molar-refractivity contribution in [3.63, 3.8) is 0 Å². The van der Waals surface area contributed by atoms with Crippen LogP contribution in [0.4, 0.5) is 0 Å². The highest BCUT2D eigenvalue weighted by atomic mass is 16.4. The van der Waals surface area contributed by atoms with Crippen molar-refractivity contribution in [1.29, 1.82) is 0 Å². The van der Waals surface area contributed by atoms with E-state index in [0.717, 1.165) is 5.56 Å². The van der Waals surface area contributed by atoms with Crippen LogP contribution >= 0.6 is 0 Å². The van der Waals surface area contributed by atoms with Gasteiger partial charge in [-0.15, -0.1) is 0 Å². The van der Waals surface area contributed by atoms with Crippen molar-refractivity contribution >= 4 is 17.9 Å². The third-order valence-electron chi connectivity index (χ3n) is 4.12. The highest BCUT2D eigenvalue weighted by Crippen LogP contribution is 2.29. The molecule has 114 valence electrons. The number of aryl methyl sites for hydroxylation is 1. The smallest absolute Gasteiger partial charge is 0.341 e. The summed E-state index contributed by atoms with van der Waals surface area (Å²) >= 11 is 0. The fraction of sp³-hybridized carbons (Fsp3) is 0.312. The number of pyridine rings is 1. The number of carboxylic acid groups (broad SMARTS) is 1. The molecule has 0 radical (unpaired) electrons. The molecule has 2 N–H and O–H groups in total. The van der Waals surface area contributed by atoms with Gasteiger partial charge in [0.15, 0.2) is 0 Å². The Labute approximate surface area is 127 Å². The molecule has 0 fully saturated rings. The maximum Gasteiger partial charge on any atom is 0.341 e. The molecule has 0 aromatic carbocycles. The molecule has 2 atom stereocenters. The number of H-pyrrole nitrogens is 1. The maximum atomic E-state index is 11.9. The maximum absolute atomic E-state index is 11.9. The average Bonchev–Trinajstić information content (AvgIpc) is 2.87. The number of aliphatic imine (C=N–C) groups is 1. The number of nitrogens with one attached hydrogen (secondary N) is 1. The SMILES string of the molecule is CCc1cc(C(=O)O)c(=O)[nH]c1C1=CC2C=CN(C)C2C=N1. The van der Waals surface area contributed by atoms with Crippen LogP contribution in [-0.4, -0.2) is 40.3 Å². The van der Waals surface area contributed by atoms with Gasteiger partial charge >= 0.3 is 5.97 Å². The molecular formula is C16H17N3O3. The molecule has 3 heterocycles. The van der Waals surface area contributed by atoms with Gasteiger partial charge in [-0.05, 0) is 30.3 Å². The molecule has 2 aliphatic heterocycles. The second-order valence-corrected chi connectivity index (χ2v) is 5.48. The first kappa shape index (κ1) is 14.3. The van der Waals surface area contributed by atoms with Crippen molar-refractivity contribution < 1.29 is 9.90 Å². The van der Waals surface area contributed by atoms with Crippen LogP contribution < -0.4 is 5.56 Å². The lowest BCUT2D eigenvalue weighted by Gasteiger charge is -2.24. The Balaban J connectivity index is 2.06. The predicted molar refractivity (Wildman–Crippen MR) is 84.1 cm³/mol. The van der Waals surface area contributed by atoms with Crippen molar-refractivity contribution in [2.45, 2.75) is 19.4 Å². The summed E-state index contributed by atoms with van der Waals surface area (Å²) in [6.45, 7) is 1.92. The zero-order valence-electron chi connectivity index (χ0n) is 12.4. The van der Waals surface area contributed by atoms with Gasteiger partial charge in [0.05, 0.1) is 17.4 Å². The number of rotatable bonds is 3. The number of aromatic amines is 1. The van der Waals surface area contributed by atoms with Crippen LogP contribution in [0.15, 0.2) is 34.2 Å². The van der Waals surface area contributed by atoms with Crippen molar-refractivity contribution in [2.24, 2.45) is 10.9 Å². The van der Waals surface area contributed by atoms with E-state index in [1.807, 2.05) is 32.5 Å². The van der Waals surface area contributed by atoms with Gasteiger partial charge in [0.25, 0.3) is 5.56 Å². The summed E-state index contributed by atoms with van der Waals surface area (Å²) in [6, 6.07) is 1.65. The summed E-state index contributed by atoms with van der Waals surface area (Å²) in [5.74, 6) is -1.01. The second kappa shape index (κ2) is 5.29. The predicted octanol–water partition coefficient (Wildman–Crippen LogP) is 1.50. The summed E-state index contributed by atoms with van der Waals surface area (Å²) in [6.07, 6.45) is 8.59. The first-order valence-corrected chi connectivity index (χ1v) is 7.17. The quantitative estimate of drug-likeness (QED) is 0.885. The lowest BCUT2D eigenvalue weighted by atomic mass is 9.96. The third-order valence-corrected chi connectivity index (χ3v) is 4.12. The number of hydrogen-bond acceptors (Lipinski definition) is 4. The Morgan fingerprint density at radius 1 is 1.50 bits per heavy atom. The molecule has 0 saturated heterocycles. The molecule has 1 aromatic heterocycles. The second-order valence-electron chi connectivity index (χ2n) is 5.48. The van der Waals surface area contributed by atoms with E-state index < -0.39 is 11.5 Å². The van der Waals surface area contributed by atoms with Crippen LogP contribution in [0.5, 0.6) is 0 Å². The van der Waals surface area contributed by atoms with E-state index in [2.05, 4.69) is 21.0 Å². The summed E-state index contributed by atoms with van der Waals surface area (Å²) in [5, 5.41) is 9.06. The fourth-order valence-corrected chi connectivity index (χ4v) is 2.85. The van der Waals surface area contributed by atoms with Crippen LogP contribution in [0.3, 0.4) is 0 Å². The molecule has 6 nitrogen and oxygen atoms in total. The van der Waals surface area contributed by atoms with E-state index in [9.17, 15) is 9.59 Å². The molecule has 22 heavy (non-hydrogen) atoms. The number of carboxylic acids is 1. The number of nitrogens with zero attached hydrogens (tertiary/aromatic N) is 2. The lowest BCUT2D eigenvalue weighted by Crippen LogP contribution is -2.31. The first-order valence-electron chi connectivity index (χ1n) is 7.17. The molecule has 3 rings (SSSR count). The third kappa shape index (κ3) is 2.26. The van der Waals surface area contributed by atoms with Gasteiger partial charge in [-0.3, -0.25) is 9.79 Å². The van der Waals surface area contributed by atoms with Crippen molar-refractivity contribution in [1.82, 2.24) is 9.88 Å². The molecule has 0 saturated carbocycles. The van der Waals surface area contributed by atoms with Gasteiger partial charge in [0.1, 0.15) is 5.56 Å². The number of aromatic carboxylic acids is 1. The molecule has 2 aliphatic rings. The van der Waals surface area contributed by atoms with Gasteiger partial charge in [0.2, 0.25) is 0 Å². The normalized spacial score (nSPS) is 22.6. The number of carbonyl (C=O) groups is 1. The molecule has 2 unspecified atom stereocenters. The van der Waals surface area contributed by atoms with Gasteiger partial charge in [-0.2, -0.15) is 0 Å². The van der Waals surface area contributed by atoms with Gasteiger partial charge < -0.3 is 15.0 Å². The molecule has 0 amide bonds.